The highest BCUT2D eigenvalue weighted by atomic mass is 35.5. The van der Waals surface area contributed by atoms with Gasteiger partial charge in [0, 0.05) is 10.9 Å². The molecule has 1 aromatic rings. The molecule has 0 aromatic heterocycles. The lowest BCUT2D eigenvalue weighted by Crippen LogP contribution is -2.20. The maximum atomic E-state index is 11.7. The number of halogens is 1. The predicted octanol–water partition coefficient (Wildman–Crippen LogP) is 3.33. The van der Waals surface area contributed by atoms with Crippen LogP contribution in [0.4, 0.5) is 5.69 Å². The Labute approximate surface area is 101 Å². The minimum absolute atomic E-state index is 0.0244. The quantitative estimate of drug-likeness (QED) is 0.878. The summed E-state index contributed by atoms with van der Waals surface area (Å²) in [5.41, 5.74) is 0.611. The maximum absolute atomic E-state index is 11.7. The van der Waals surface area contributed by atoms with Gasteiger partial charge in [-0.3, -0.25) is 4.79 Å². The second-order valence-electron chi connectivity index (χ2n) is 3.64. The van der Waals surface area contributed by atoms with Crippen LogP contribution in [0.25, 0.3) is 0 Å². The van der Waals surface area contributed by atoms with E-state index in [1.165, 1.54) is 0 Å². The molecule has 0 saturated heterocycles. The third-order valence-corrected chi connectivity index (χ3v) is 2.71. The predicted molar refractivity (Wildman–Crippen MR) is 66.1 cm³/mol. The highest BCUT2D eigenvalue weighted by molar-refractivity contribution is 6.31. The molecule has 0 aliphatic heterocycles. The minimum Gasteiger partial charge on any atom is -0.495 e. The van der Waals surface area contributed by atoms with Crippen LogP contribution in [0.2, 0.25) is 5.02 Å². The Morgan fingerprint density at radius 3 is 2.81 bits per heavy atom. The topological polar surface area (TPSA) is 38.3 Å². The maximum Gasteiger partial charge on any atom is 0.227 e. The van der Waals surface area contributed by atoms with Gasteiger partial charge in [-0.1, -0.05) is 25.4 Å². The van der Waals surface area contributed by atoms with Gasteiger partial charge in [-0.2, -0.15) is 0 Å². The summed E-state index contributed by atoms with van der Waals surface area (Å²) in [6.07, 6.45) is 0.800. The molecule has 0 aliphatic rings. The van der Waals surface area contributed by atoms with Crippen LogP contribution in [0.1, 0.15) is 20.3 Å². The zero-order chi connectivity index (χ0) is 12.1. The molecule has 0 spiro atoms. The van der Waals surface area contributed by atoms with Crippen molar-refractivity contribution >= 4 is 23.2 Å². The largest absolute Gasteiger partial charge is 0.495 e. The van der Waals surface area contributed by atoms with Gasteiger partial charge < -0.3 is 10.1 Å². The molecule has 4 heteroatoms. The number of ether oxygens (including phenoxy) is 1. The van der Waals surface area contributed by atoms with Gasteiger partial charge in [0.05, 0.1) is 12.8 Å². The average Bonchev–Trinajstić information content (AvgIpc) is 2.28. The zero-order valence-corrected chi connectivity index (χ0v) is 10.5. The van der Waals surface area contributed by atoms with Gasteiger partial charge in [-0.05, 0) is 24.6 Å². The van der Waals surface area contributed by atoms with Gasteiger partial charge >= 0.3 is 0 Å². The summed E-state index contributed by atoms with van der Waals surface area (Å²) in [5.74, 6) is 0.563. The molecule has 0 aliphatic carbocycles. The zero-order valence-electron chi connectivity index (χ0n) is 9.71. The Bertz CT molecular complexity index is 379. The number of hydrogen-bond acceptors (Lipinski definition) is 2. The molecule has 0 fully saturated rings. The van der Waals surface area contributed by atoms with Crippen LogP contribution in [0.15, 0.2) is 18.2 Å². The molecule has 88 valence electrons. The lowest BCUT2D eigenvalue weighted by atomic mass is 10.1. The van der Waals surface area contributed by atoms with Gasteiger partial charge in [0.2, 0.25) is 5.91 Å². The molecule has 1 amide bonds. The van der Waals surface area contributed by atoms with Gasteiger partial charge in [0.25, 0.3) is 0 Å². The third-order valence-electron chi connectivity index (χ3n) is 2.48. The Balaban J connectivity index is 2.87. The number of carbonyl (C=O) groups excluding carboxylic acids is 1. The second-order valence-corrected chi connectivity index (χ2v) is 4.08. The number of anilines is 1. The van der Waals surface area contributed by atoms with Crippen molar-refractivity contribution in [1.29, 1.82) is 0 Å². The number of carbonyl (C=O) groups is 1. The monoisotopic (exact) mass is 241 g/mol. The summed E-state index contributed by atoms with van der Waals surface area (Å²) >= 11 is 5.86. The van der Waals surface area contributed by atoms with Crippen molar-refractivity contribution in [3.8, 4) is 5.75 Å². The van der Waals surface area contributed by atoms with Gasteiger partial charge in [0.1, 0.15) is 5.75 Å². The van der Waals surface area contributed by atoms with E-state index in [0.717, 1.165) is 6.42 Å². The van der Waals surface area contributed by atoms with Crippen LogP contribution < -0.4 is 10.1 Å². The van der Waals surface area contributed by atoms with Gasteiger partial charge in [-0.15, -0.1) is 0 Å². The van der Waals surface area contributed by atoms with E-state index in [2.05, 4.69) is 5.32 Å². The highest BCUT2D eigenvalue weighted by Gasteiger charge is 2.13. The van der Waals surface area contributed by atoms with Crippen LogP contribution in [-0.4, -0.2) is 13.0 Å². The normalized spacial score (nSPS) is 12.0. The van der Waals surface area contributed by atoms with Crippen molar-refractivity contribution in [2.24, 2.45) is 5.92 Å². The van der Waals surface area contributed by atoms with E-state index < -0.39 is 0 Å². The van der Waals surface area contributed by atoms with E-state index in [4.69, 9.17) is 16.3 Å². The molecule has 16 heavy (non-hydrogen) atoms. The molecular formula is C12H16ClNO2. The van der Waals surface area contributed by atoms with E-state index >= 15 is 0 Å². The standard InChI is InChI=1S/C12H16ClNO2/c1-4-8(2)12(15)14-10-7-9(13)5-6-11(10)16-3/h5-8H,4H2,1-3H3,(H,14,15)/t8-/m1/s1. The average molecular weight is 242 g/mol. The third kappa shape index (κ3) is 3.14. The van der Waals surface area contributed by atoms with E-state index in [1.54, 1.807) is 25.3 Å². The highest BCUT2D eigenvalue weighted by Crippen LogP contribution is 2.28. The summed E-state index contributed by atoms with van der Waals surface area (Å²) in [4.78, 5) is 11.7. The first-order chi connectivity index (χ1) is 7.58. The molecular weight excluding hydrogens is 226 g/mol. The Kier molecular flexibility index (Phi) is 4.62. The van der Waals surface area contributed by atoms with Crippen LogP contribution in [-0.2, 0) is 4.79 Å². The van der Waals surface area contributed by atoms with Gasteiger partial charge in [-0.25, -0.2) is 0 Å². The Morgan fingerprint density at radius 1 is 1.56 bits per heavy atom. The van der Waals surface area contributed by atoms with Crippen molar-refractivity contribution in [3.05, 3.63) is 23.2 Å². The summed E-state index contributed by atoms with van der Waals surface area (Å²) in [7, 11) is 1.56. The molecule has 1 aromatic carbocycles. The summed E-state index contributed by atoms with van der Waals surface area (Å²) in [6, 6.07) is 5.13. The van der Waals surface area contributed by atoms with Gasteiger partial charge in [0.15, 0.2) is 0 Å². The SMILES string of the molecule is CC[C@@H](C)C(=O)Nc1cc(Cl)ccc1OC. The van der Waals surface area contributed by atoms with Crippen molar-refractivity contribution in [1.82, 2.24) is 0 Å². The van der Waals surface area contributed by atoms with E-state index in [0.29, 0.717) is 16.5 Å². The smallest absolute Gasteiger partial charge is 0.227 e. The lowest BCUT2D eigenvalue weighted by Gasteiger charge is -2.13. The fourth-order valence-corrected chi connectivity index (χ4v) is 1.39. The number of nitrogens with one attached hydrogen (secondary N) is 1. The first-order valence-corrected chi connectivity index (χ1v) is 5.60. The second kappa shape index (κ2) is 5.75. The Hall–Kier alpha value is -1.22. The van der Waals surface area contributed by atoms with Crippen LogP contribution >= 0.6 is 11.6 Å². The summed E-state index contributed by atoms with van der Waals surface area (Å²) in [5, 5.41) is 3.37. The van der Waals surface area contributed by atoms with Crippen molar-refractivity contribution in [3.63, 3.8) is 0 Å². The molecule has 1 atom stereocenters. The van der Waals surface area contributed by atoms with Crippen molar-refractivity contribution < 1.29 is 9.53 Å². The number of benzene rings is 1. The molecule has 1 N–H and O–H groups in total. The molecule has 1 rings (SSSR count). The summed E-state index contributed by atoms with van der Waals surface area (Å²) in [6.45, 7) is 3.85. The van der Waals surface area contributed by atoms with Crippen LogP contribution in [0.3, 0.4) is 0 Å². The van der Waals surface area contributed by atoms with Crippen LogP contribution in [0, 0.1) is 5.92 Å². The molecule has 3 nitrogen and oxygen atoms in total. The number of hydrogen-bond donors (Lipinski definition) is 1. The molecule has 0 unspecified atom stereocenters. The van der Waals surface area contributed by atoms with Crippen LogP contribution in [0.5, 0.6) is 5.75 Å². The number of amides is 1. The molecule has 0 bridgehead atoms. The van der Waals surface area contributed by atoms with E-state index in [1.807, 2.05) is 13.8 Å². The number of methoxy groups -OCH3 is 1. The fourth-order valence-electron chi connectivity index (χ4n) is 1.22. The van der Waals surface area contributed by atoms with E-state index in [-0.39, 0.29) is 11.8 Å². The Morgan fingerprint density at radius 2 is 2.25 bits per heavy atom. The minimum atomic E-state index is -0.0249. The first kappa shape index (κ1) is 12.8. The lowest BCUT2D eigenvalue weighted by molar-refractivity contribution is -0.119. The fraction of sp³-hybridized carbons (Fsp3) is 0.417. The van der Waals surface area contributed by atoms with E-state index in [9.17, 15) is 4.79 Å². The van der Waals surface area contributed by atoms with Crippen molar-refractivity contribution in [2.45, 2.75) is 20.3 Å². The molecule has 0 heterocycles. The summed E-state index contributed by atoms with van der Waals surface area (Å²) < 4.78 is 5.14. The molecule has 0 radical (unpaired) electrons. The van der Waals surface area contributed by atoms with Crippen molar-refractivity contribution in [2.75, 3.05) is 12.4 Å². The first-order valence-electron chi connectivity index (χ1n) is 5.22. The molecule has 0 saturated carbocycles. The number of rotatable bonds is 4.